The molecule has 25 nitrogen and oxygen atoms in total. The highest BCUT2D eigenvalue weighted by atomic mass is 16.4. The zero-order chi connectivity index (χ0) is 49.6. The molecule has 0 radical (unpaired) electrons. The van der Waals surface area contributed by atoms with Crippen LogP contribution in [0.4, 0.5) is 0 Å². The SMILES string of the molecule is CC(C)C[C@H](NC(=O)[C@H](CCC(=O)O)NC(=O)[C@H](CCC(N)=O)NC(=O)[C@H](CO)NC(=O)[C@@H](NC(=O)[C@H](C)NC(=O)[C@H](CCC(=O)O)NC(=O)[C@@H](N)Cc1ccccc1)[C@@H](C)O)C(=O)O. The molecule has 0 aromatic heterocycles. The van der Waals surface area contributed by atoms with E-state index in [0.29, 0.717) is 5.56 Å². The summed E-state index contributed by atoms with van der Waals surface area (Å²) in [7, 11) is 0. The minimum Gasteiger partial charge on any atom is -0.481 e. The standard InChI is InChI=1S/C40H61N9O16/c1-19(2)16-27(40(64)65)47-37(61)26(12-15-31(55)56)45-36(60)24(10-13-29(42)52)46-38(62)28(18-50)48-39(63)32(21(4)51)49-33(57)20(3)43-35(59)25(11-14-30(53)54)44-34(58)23(41)17-22-8-6-5-7-9-22/h5-9,19-21,23-28,32,50-51H,10-18,41H2,1-4H3,(H2,42,52)(H,43,59)(H,44,58)(H,45,60)(H,46,62)(H,47,61)(H,48,63)(H,49,57)(H,53,54)(H,55,56)(H,64,65)/t20-,21+,23-,24-,25-,26-,27-,28-,32-/m0/s1. The van der Waals surface area contributed by atoms with Crippen LogP contribution < -0.4 is 48.7 Å². The van der Waals surface area contributed by atoms with Crippen LogP contribution in [0.3, 0.4) is 0 Å². The molecule has 0 saturated heterocycles. The number of carbonyl (C=O) groups excluding carboxylic acids is 8. The second-order valence-corrected chi connectivity index (χ2v) is 15.6. The van der Waals surface area contributed by atoms with Crippen molar-refractivity contribution in [2.24, 2.45) is 17.4 Å². The molecular formula is C40H61N9O16. The third-order valence-corrected chi connectivity index (χ3v) is 9.46. The van der Waals surface area contributed by atoms with Crippen molar-refractivity contribution in [3.8, 4) is 0 Å². The number of nitrogens with one attached hydrogen (secondary N) is 7. The number of nitrogens with two attached hydrogens (primary N) is 2. The smallest absolute Gasteiger partial charge is 0.326 e. The van der Waals surface area contributed by atoms with Crippen LogP contribution in [0.5, 0.6) is 0 Å². The molecule has 0 bridgehead atoms. The monoisotopic (exact) mass is 923 g/mol. The maximum Gasteiger partial charge on any atom is 0.326 e. The van der Waals surface area contributed by atoms with E-state index < -0.39 is 165 Å². The molecule has 0 heterocycles. The van der Waals surface area contributed by atoms with Crippen molar-refractivity contribution in [1.82, 2.24) is 37.2 Å². The lowest BCUT2D eigenvalue weighted by Gasteiger charge is -2.27. The number of carbonyl (C=O) groups is 11. The van der Waals surface area contributed by atoms with Crippen LogP contribution in [-0.4, -0.2) is 152 Å². The highest BCUT2D eigenvalue weighted by molar-refractivity contribution is 5.98. The average Bonchev–Trinajstić information content (AvgIpc) is 3.22. The molecular weight excluding hydrogens is 862 g/mol. The lowest BCUT2D eigenvalue weighted by molar-refractivity contribution is -0.143. The van der Waals surface area contributed by atoms with E-state index in [2.05, 4.69) is 37.2 Å². The summed E-state index contributed by atoms with van der Waals surface area (Å²) in [5.41, 5.74) is 11.9. The Hall–Kier alpha value is -6.73. The van der Waals surface area contributed by atoms with Crippen LogP contribution in [0.15, 0.2) is 30.3 Å². The van der Waals surface area contributed by atoms with Gasteiger partial charge in [-0.15, -0.1) is 0 Å². The number of amides is 8. The van der Waals surface area contributed by atoms with Crippen molar-refractivity contribution in [2.75, 3.05) is 6.61 Å². The van der Waals surface area contributed by atoms with Gasteiger partial charge in [0.25, 0.3) is 0 Å². The van der Waals surface area contributed by atoms with Gasteiger partial charge in [-0.2, -0.15) is 0 Å². The first kappa shape index (κ1) is 56.3. The van der Waals surface area contributed by atoms with Gasteiger partial charge in [0.05, 0.1) is 18.8 Å². The molecule has 0 saturated carbocycles. The first-order valence-corrected chi connectivity index (χ1v) is 20.5. The Kier molecular flexibility index (Phi) is 24.4. The quantitative estimate of drug-likeness (QED) is 0.0346. The molecule has 0 fully saturated rings. The predicted octanol–water partition coefficient (Wildman–Crippen LogP) is -4.53. The zero-order valence-corrected chi connectivity index (χ0v) is 36.4. The van der Waals surface area contributed by atoms with Gasteiger partial charge in [-0.25, -0.2) is 4.79 Å². The third kappa shape index (κ3) is 21.5. The lowest BCUT2D eigenvalue weighted by atomic mass is 10.0. The molecule has 0 aliphatic heterocycles. The fourth-order valence-electron chi connectivity index (χ4n) is 5.90. The summed E-state index contributed by atoms with van der Waals surface area (Å²) in [4.78, 5) is 139. The summed E-state index contributed by atoms with van der Waals surface area (Å²) in [6.45, 7) is 4.45. The topological polar surface area (TPSA) is 425 Å². The number of benzene rings is 1. The fraction of sp³-hybridized carbons (Fsp3) is 0.575. The number of hydrogen-bond acceptors (Lipinski definition) is 14. The molecule has 9 atom stereocenters. The summed E-state index contributed by atoms with van der Waals surface area (Å²) < 4.78 is 0. The molecule has 25 heteroatoms. The minimum atomic E-state index is -1.91. The predicted molar refractivity (Wildman–Crippen MR) is 225 cm³/mol. The Morgan fingerprint density at radius 1 is 0.554 bits per heavy atom. The number of primary amides is 1. The summed E-state index contributed by atoms with van der Waals surface area (Å²) in [6, 6.07) is -4.03. The van der Waals surface area contributed by atoms with Crippen LogP contribution in [-0.2, 0) is 59.2 Å². The van der Waals surface area contributed by atoms with Gasteiger partial charge in [0.1, 0.15) is 42.3 Å². The molecule has 0 spiro atoms. The minimum absolute atomic E-state index is 0.0228. The summed E-state index contributed by atoms with van der Waals surface area (Å²) in [6.07, 6.45) is -4.85. The largest absolute Gasteiger partial charge is 0.481 e. The Labute approximate surface area is 373 Å². The van der Waals surface area contributed by atoms with Crippen molar-refractivity contribution in [2.45, 2.75) is 134 Å². The van der Waals surface area contributed by atoms with E-state index in [-0.39, 0.29) is 18.8 Å². The van der Waals surface area contributed by atoms with Gasteiger partial charge in [-0.1, -0.05) is 44.2 Å². The van der Waals surface area contributed by atoms with Crippen molar-refractivity contribution < 1.29 is 78.3 Å². The highest BCUT2D eigenvalue weighted by Crippen LogP contribution is 2.09. The maximum absolute atomic E-state index is 13.5. The molecule has 1 aromatic carbocycles. The van der Waals surface area contributed by atoms with E-state index in [1.54, 1.807) is 44.2 Å². The third-order valence-electron chi connectivity index (χ3n) is 9.46. The van der Waals surface area contributed by atoms with Crippen LogP contribution in [0.1, 0.15) is 78.2 Å². The number of hydrogen-bond donors (Lipinski definition) is 14. The van der Waals surface area contributed by atoms with Gasteiger partial charge < -0.3 is 74.2 Å². The van der Waals surface area contributed by atoms with E-state index in [1.165, 1.54) is 0 Å². The number of carboxylic acids is 3. The molecule has 0 unspecified atom stereocenters. The molecule has 8 amide bonds. The van der Waals surface area contributed by atoms with E-state index in [1.807, 2.05) is 0 Å². The van der Waals surface area contributed by atoms with Gasteiger partial charge >= 0.3 is 17.9 Å². The maximum atomic E-state index is 13.5. The zero-order valence-electron chi connectivity index (χ0n) is 36.4. The molecule has 65 heavy (non-hydrogen) atoms. The van der Waals surface area contributed by atoms with Crippen molar-refractivity contribution in [1.29, 1.82) is 0 Å². The van der Waals surface area contributed by atoms with E-state index in [4.69, 9.17) is 11.5 Å². The molecule has 16 N–H and O–H groups in total. The van der Waals surface area contributed by atoms with Crippen molar-refractivity contribution in [3.63, 3.8) is 0 Å². The lowest BCUT2D eigenvalue weighted by Crippen LogP contribution is -2.62. The number of aliphatic carboxylic acids is 3. The summed E-state index contributed by atoms with van der Waals surface area (Å²) in [5.74, 6) is -12.9. The highest BCUT2D eigenvalue weighted by Gasteiger charge is 2.35. The van der Waals surface area contributed by atoms with Crippen molar-refractivity contribution >= 4 is 65.2 Å². The summed E-state index contributed by atoms with van der Waals surface area (Å²) >= 11 is 0. The second kappa shape index (κ2) is 28.1. The molecule has 0 aliphatic carbocycles. The van der Waals surface area contributed by atoms with Crippen molar-refractivity contribution in [3.05, 3.63) is 35.9 Å². The van der Waals surface area contributed by atoms with E-state index in [0.717, 1.165) is 13.8 Å². The number of rotatable bonds is 30. The van der Waals surface area contributed by atoms with Gasteiger partial charge in [0, 0.05) is 19.3 Å². The van der Waals surface area contributed by atoms with Gasteiger partial charge in [-0.05, 0) is 57.4 Å². The molecule has 1 aromatic rings. The number of aliphatic hydroxyl groups is 2. The van der Waals surface area contributed by atoms with E-state index in [9.17, 15) is 78.3 Å². The first-order chi connectivity index (χ1) is 30.4. The Morgan fingerprint density at radius 2 is 0.985 bits per heavy atom. The van der Waals surface area contributed by atoms with Gasteiger partial charge in [-0.3, -0.25) is 47.9 Å². The summed E-state index contributed by atoms with van der Waals surface area (Å²) in [5, 5.41) is 64.1. The Balaban J connectivity index is 3.15. The van der Waals surface area contributed by atoms with Gasteiger partial charge in [0.2, 0.25) is 47.3 Å². The normalized spacial score (nSPS) is 15.1. The Bertz CT molecular complexity index is 1850. The Morgan fingerprint density at radius 3 is 1.42 bits per heavy atom. The molecule has 1 rings (SSSR count). The molecule has 362 valence electrons. The average molecular weight is 924 g/mol. The second-order valence-electron chi connectivity index (χ2n) is 15.6. The first-order valence-electron chi connectivity index (χ1n) is 20.5. The van der Waals surface area contributed by atoms with Gasteiger partial charge in [0.15, 0.2) is 0 Å². The van der Waals surface area contributed by atoms with Crippen LogP contribution >= 0.6 is 0 Å². The van der Waals surface area contributed by atoms with Crippen LogP contribution in [0.25, 0.3) is 0 Å². The molecule has 0 aliphatic rings. The van der Waals surface area contributed by atoms with E-state index >= 15 is 0 Å². The van der Waals surface area contributed by atoms with Crippen LogP contribution in [0, 0.1) is 5.92 Å². The number of carboxylic acid groups (broad SMARTS) is 3. The number of aliphatic hydroxyl groups excluding tert-OH is 2. The van der Waals surface area contributed by atoms with Crippen LogP contribution in [0.2, 0.25) is 0 Å². The fourth-order valence-corrected chi connectivity index (χ4v) is 5.90.